The predicted octanol–water partition coefficient (Wildman–Crippen LogP) is 3.94. The largest absolute Gasteiger partial charge is 0.461 e. The third-order valence-corrected chi connectivity index (χ3v) is 5.07. The number of aromatic nitrogens is 4. The lowest BCUT2D eigenvalue weighted by molar-refractivity contribution is -0.141. The van der Waals surface area contributed by atoms with Crippen LogP contribution in [0, 0.1) is 0 Å². The first-order valence-electron chi connectivity index (χ1n) is 8.85. The molecular formula is C20H18N4O3S. The summed E-state index contributed by atoms with van der Waals surface area (Å²) in [6.07, 6.45) is 1.59. The number of nitrogens with zero attached hydrogens (tertiary/aromatic N) is 4. The molecule has 0 saturated heterocycles. The molecular weight excluding hydrogens is 376 g/mol. The molecule has 0 aliphatic rings. The summed E-state index contributed by atoms with van der Waals surface area (Å²) in [5.41, 5.74) is 1.60. The minimum atomic E-state index is -0.329. The summed E-state index contributed by atoms with van der Waals surface area (Å²) in [6, 6.07) is 15.3. The number of furan rings is 1. The molecule has 0 spiro atoms. The van der Waals surface area contributed by atoms with E-state index in [1.165, 1.54) is 11.8 Å². The van der Waals surface area contributed by atoms with E-state index in [2.05, 4.69) is 15.2 Å². The maximum Gasteiger partial charge on any atom is 0.316 e. The summed E-state index contributed by atoms with van der Waals surface area (Å²) >= 11 is 1.29. The van der Waals surface area contributed by atoms with E-state index in [1.54, 1.807) is 12.3 Å². The maximum absolute atomic E-state index is 12.1. The van der Waals surface area contributed by atoms with E-state index >= 15 is 0 Å². The van der Waals surface area contributed by atoms with Crippen molar-refractivity contribution >= 4 is 28.6 Å². The molecule has 0 amide bonds. The van der Waals surface area contributed by atoms with Crippen LogP contribution >= 0.6 is 11.8 Å². The summed E-state index contributed by atoms with van der Waals surface area (Å²) < 4.78 is 12.6. The Labute approximate surface area is 165 Å². The van der Waals surface area contributed by atoms with Crippen LogP contribution in [-0.4, -0.2) is 31.5 Å². The van der Waals surface area contributed by atoms with Crippen molar-refractivity contribution in [3.63, 3.8) is 0 Å². The average Bonchev–Trinajstić information content (AvgIpc) is 3.39. The quantitative estimate of drug-likeness (QED) is 0.347. The van der Waals surface area contributed by atoms with E-state index in [-0.39, 0.29) is 18.3 Å². The molecule has 0 aliphatic carbocycles. The number of fused-ring (bicyclic) bond motifs is 1. The fraction of sp³-hybridized carbons (Fsp3) is 0.200. The second-order valence-corrected chi connectivity index (χ2v) is 6.91. The molecule has 0 fully saturated rings. The van der Waals surface area contributed by atoms with E-state index in [4.69, 9.17) is 9.15 Å². The van der Waals surface area contributed by atoms with Gasteiger partial charge in [-0.2, -0.15) is 0 Å². The summed E-state index contributed by atoms with van der Waals surface area (Å²) in [5.74, 6) is 1.10. The predicted molar refractivity (Wildman–Crippen MR) is 106 cm³/mol. The van der Waals surface area contributed by atoms with E-state index in [0.29, 0.717) is 29.0 Å². The minimum Gasteiger partial charge on any atom is -0.461 e. The highest BCUT2D eigenvalue weighted by atomic mass is 32.2. The Hall–Kier alpha value is -3.13. The van der Waals surface area contributed by atoms with Crippen molar-refractivity contribution in [2.24, 2.45) is 0 Å². The monoisotopic (exact) mass is 394 g/mol. The topological polar surface area (TPSA) is 83.0 Å². The van der Waals surface area contributed by atoms with Crippen LogP contribution in [0.3, 0.4) is 0 Å². The molecule has 8 heteroatoms. The van der Waals surface area contributed by atoms with Gasteiger partial charge in [-0.3, -0.25) is 9.36 Å². The number of esters is 1. The Morgan fingerprint density at radius 1 is 1.14 bits per heavy atom. The van der Waals surface area contributed by atoms with Crippen LogP contribution in [0.25, 0.3) is 22.5 Å². The number of carbonyl (C=O) groups is 1. The van der Waals surface area contributed by atoms with Gasteiger partial charge in [-0.25, -0.2) is 4.98 Å². The van der Waals surface area contributed by atoms with Crippen LogP contribution < -0.4 is 0 Å². The van der Waals surface area contributed by atoms with Gasteiger partial charge in [0.15, 0.2) is 16.7 Å². The summed E-state index contributed by atoms with van der Waals surface area (Å²) in [5, 5.41) is 10.0. The second kappa shape index (κ2) is 8.26. The van der Waals surface area contributed by atoms with Crippen molar-refractivity contribution in [2.45, 2.75) is 25.2 Å². The van der Waals surface area contributed by atoms with Crippen LogP contribution in [-0.2, 0) is 22.7 Å². The molecule has 0 aliphatic heterocycles. The molecule has 28 heavy (non-hydrogen) atoms. The molecule has 0 bridgehead atoms. The van der Waals surface area contributed by atoms with Gasteiger partial charge in [-0.15, -0.1) is 10.2 Å². The van der Waals surface area contributed by atoms with E-state index in [9.17, 15) is 4.79 Å². The molecule has 0 atom stereocenters. The number of para-hydroxylation sites is 1. The van der Waals surface area contributed by atoms with E-state index < -0.39 is 0 Å². The number of hydrogen-bond acceptors (Lipinski definition) is 7. The zero-order valence-electron chi connectivity index (χ0n) is 15.2. The molecule has 4 aromatic rings. The van der Waals surface area contributed by atoms with Gasteiger partial charge in [0.25, 0.3) is 0 Å². The summed E-state index contributed by atoms with van der Waals surface area (Å²) in [4.78, 5) is 16.6. The third-order valence-electron chi connectivity index (χ3n) is 4.13. The lowest BCUT2D eigenvalue weighted by Crippen LogP contribution is -2.09. The Kier molecular flexibility index (Phi) is 5.38. The molecule has 0 unspecified atom stereocenters. The Morgan fingerprint density at radius 2 is 2.04 bits per heavy atom. The van der Waals surface area contributed by atoms with Gasteiger partial charge in [0.05, 0.1) is 23.2 Å². The van der Waals surface area contributed by atoms with Crippen molar-refractivity contribution < 1.29 is 13.9 Å². The van der Waals surface area contributed by atoms with Gasteiger partial charge in [0.2, 0.25) is 0 Å². The van der Waals surface area contributed by atoms with Gasteiger partial charge < -0.3 is 9.15 Å². The standard InChI is InChI=1S/C20H18N4O3S/c1-2-24-19(17-8-5-11-26-17)22-23-20(24)28-13-18(25)27-12-15-10-9-14-6-3-4-7-16(14)21-15/h3-11H,2,12-13H2,1H3. The highest BCUT2D eigenvalue weighted by molar-refractivity contribution is 7.99. The van der Waals surface area contributed by atoms with Gasteiger partial charge in [-0.1, -0.05) is 36.0 Å². The van der Waals surface area contributed by atoms with Crippen LogP contribution in [0.5, 0.6) is 0 Å². The van der Waals surface area contributed by atoms with Gasteiger partial charge >= 0.3 is 5.97 Å². The SMILES string of the molecule is CCn1c(SCC(=O)OCc2ccc3ccccc3n2)nnc1-c1ccco1. The number of ether oxygens (including phenoxy) is 1. The molecule has 3 aromatic heterocycles. The number of benzene rings is 1. The first-order valence-corrected chi connectivity index (χ1v) is 9.83. The lowest BCUT2D eigenvalue weighted by Gasteiger charge is -2.07. The van der Waals surface area contributed by atoms with Gasteiger partial charge in [-0.05, 0) is 31.2 Å². The first kappa shape index (κ1) is 18.2. The molecule has 0 radical (unpaired) electrons. The Bertz CT molecular complexity index is 1090. The van der Waals surface area contributed by atoms with E-state index in [0.717, 1.165) is 10.9 Å². The van der Waals surface area contributed by atoms with Crippen molar-refractivity contribution in [3.8, 4) is 11.6 Å². The van der Waals surface area contributed by atoms with Crippen molar-refractivity contribution in [1.82, 2.24) is 19.7 Å². The zero-order valence-corrected chi connectivity index (χ0v) is 16.1. The van der Waals surface area contributed by atoms with Gasteiger partial charge in [0.1, 0.15) is 6.61 Å². The highest BCUT2D eigenvalue weighted by Crippen LogP contribution is 2.24. The molecule has 0 saturated carbocycles. The van der Waals surface area contributed by atoms with Crippen LogP contribution in [0.4, 0.5) is 0 Å². The van der Waals surface area contributed by atoms with Gasteiger partial charge in [0, 0.05) is 11.9 Å². The number of pyridine rings is 1. The normalized spacial score (nSPS) is 11.0. The third kappa shape index (κ3) is 3.91. The lowest BCUT2D eigenvalue weighted by atomic mass is 10.2. The molecule has 4 rings (SSSR count). The summed E-state index contributed by atoms with van der Waals surface area (Å²) in [7, 11) is 0. The molecule has 0 N–H and O–H groups in total. The van der Waals surface area contributed by atoms with Crippen LogP contribution in [0.1, 0.15) is 12.6 Å². The number of carbonyl (C=O) groups excluding carboxylic acids is 1. The number of rotatable bonds is 7. The number of thioether (sulfide) groups is 1. The fourth-order valence-electron chi connectivity index (χ4n) is 2.78. The summed E-state index contributed by atoms with van der Waals surface area (Å²) in [6.45, 7) is 2.80. The fourth-order valence-corrected chi connectivity index (χ4v) is 3.58. The first-order chi connectivity index (χ1) is 13.7. The van der Waals surface area contributed by atoms with Crippen molar-refractivity contribution in [2.75, 3.05) is 5.75 Å². The smallest absolute Gasteiger partial charge is 0.316 e. The van der Waals surface area contributed by atoms with Crippen molar-refractivity contribution in [3.05, 3.63) is 60.5 Å². The average molecular weight is 394 g/mol. The Morgan fingerprint density at radius 3 is 2.86 bits per heavy atom. The minimum absolute atomic E-state index is 0.141. The van der Waals surface area contributed by atoms with Crippen LogP contribution in [0.15, 0.2) is 64.4 Å². The highest BCUT2D eigenvalue weighted by Gasteiger charge is 2.16. The molecule has 142 valence electrons. The molecule has 7 nitrogen and oxygen atoms in total. The van der Waals surface area contributed by atoms with Crippen molar-refractivity contribution in [1.29, 1.82) is 0 Å². The second-order valence-electron chi connectivity index (χ2n) is 5.97. The van der Waals surface area contributed by atoms with Crippen LogP contribution in [0.2, 0.25) is 0 Å². The zero-order chi connectivity index (χ0) is 19.3. The maximum atomic E-state index is 12.1. The Balaban J connectivity index is 1.35. The number of hydrogen-bond donors (Lipinski definition) is 0. The van der Waals surface area contributed by atoms with E-state index in [1.807, 2.05) is 54.0 Å². The molecule has 3 heterocycles. The molecule has 1 aromatic carbocycles.